The zero-order valence-electron chi connectivity index (χ0n) is 17.1. The molecule has 1 N–H and O–H groups in total. The zero-order chi connectivity index (χ0) is 20.5. The van der Waals surface area contributed by atoms with Gasteiger partial charge in [0.2, 0.25) is 0 Å². The number of carbonyl (C=O) groups excluding carboxylic acids is 1. The van der Waals surface area contributed by atoms with E-state index in [1.165, 1.54) is 0 Å². The average Bonchev–Trinajstić information content (AvgIpc) is 2.74. The van der Waals surface area contributed by atoms with Crippen LogP contribution >= 0.6 is 0 Å². The molecule has 1 heterocycles. The minimum absolute atomic E-state index is 0.214. The highest BCUT2D eigenvalue weighted by Gasteiger charge is 2.07. The third-order valence-corrected chi connectivity index (χ3v) is 4.74. The molecule has 0 fully saturated rings. The lowest BCUT2D eigenvalue weighted by Crippen LogP contribution is -2.01. The molecule has 0 saturated heterocycles. The fourth-order valence-electron chi connectivity index (χ4n) is 3.10. The van der Waals surface area contributed by atoms with Crippen molar-refractivity contribution >= 4 is 29.3 Å². The first-order valence-electron chi connectivity index (χ1n) is 10.2. The Morgan fingerprint density at radius 1 is 0.931 bits per heavy atom. The van der Waals surface area contributed by atoms with E-state index in [2.05, 4.69) is 48.4 Å². The largest absolute Gasteiger partial charge is 0.356 e. The van der Waals surface area contributed by atoms with Gasteiger partial charge in [0.05, 0.1) is 0 Å². The van der Waals surface area contributed by atoms with Crippen LogP contribution in [0.5, 0.6) is 0 Å². The Bertz CT molecular complexity index is 944. The summed E-state index contributed by atoms with van der Waals surface area (Å²) in [5.74, 6) is 0.851. The Morgan fingerprint density at radius 3 is 2.31 bits per heavy atom. The Hall–Kier alpha value is -3.20. The standard InChI is InChI=1S/C26H28N2O/c1-20(2)5-3-8-26(29)23-6-4-7-25(19-23)28-24-13-11-21(12-14-24)9-10-22-15-17-27-18-16-22/h4,6-7,9-20,28H,3,5,8H2,1-2H3/b10-9+. The molecule has 0 aliphatic carbocycles. The minimum atomic E-state index is 0.214. The van der Waals surface area contributed by atoms with Crippen molar-refractivity contribution in [1.29, 1.82) is 0 Å². The Labute approximate surface area is 173 Å². The minimum Gasteiger partial charge on any atom is -0.356 e. The van der Waals surface area contributed by atoms with E-state index in [9.17, 15) is 4.79 Å². The summed E-state index contributed by atoms with van der Waals surface area (Å²) < 4.78 is 0. The maximum absolute atomic E-state index is 12.4. The molecule has 29 heavy (non-hydrogen) atoms. The first-order chi connectivity index (χ1) is 14.1. The molecule has 0 aliphatic heterocycles. The Balaban J connectivity index is 1.60. The van der Waals surface area contributed by atoms with Crippen LogP contribution in [-0.4, -0.2) is 10.8 Å². The summed E-state index contributed by atoms with van der Waals surface area (Å²) >= 11 is 0. The van der Waals surface area contributed by atoms with Crippen LogP contribution in [0.15, 0.2) is 73.1 Å². The molecule has 1 aromatic heterocycles. The molecular formula is C26H28N2O. The van der Waals surface area contributed by atoms with Crippen LogP contribution in [0.2, 0.25) is 0 Å². The number of nitrogens with zero attached hydrogens (tertiary/aromatic N) is 1. The molecule has 3 nitrogen and oxygen atoms in total. The maximum Gasteiger partial charge on any atom is 0.162 e. The zero-order valence-corrected chi connectivity index (χ0v) is 17.1. The monoisotopic (exact) mass is 384 g/mol. The molecular weight excluding hydrogens is 356 g/mol. The van der Waals surface area contributed by atoms with Crippen LogP contribution in [0.1, 0.15) is 54.6 Å². The number of rotatable bonds is 9. The highest BCUT2D eigenvalue weighted by molar-refractivity contribution is 5.97. The van der Waals surface area contributed by atoms with Gasteiger partial charge in [-0.2, -0.15) is 0 Å². The SMILES string of the molecule is CC(C)CCCC(=O)c1cccc(Nc2ccc(/C=C/c3ccncc3)cc2)c1. The van der Waals surface area contributed by atoms with Gasteiger partial charge in [0.25, 0.3) is 0 Å². The fourth-order valence-corrected chi connectivity index (χ4v) is 3.10. The van der Waals surface area contributed by atoms with E-state index in [1.807, 2.05) is 48.5 Å². The lowest BCUT2D eigenvalue weighted by molar-refractivity contribution is 0.0978. The van der Waals surface area contributed by atoms with Gasteiger partial charge in [-0.1, -0.05) is 56.7 Å². The van der Waals surface area contributed by atoms with E-state index in [0.29, 0.717) is 12.3 Å². The first-order valence-corrected chi connectivity index (χ1v) is 10.2. The van der Waals surface area contributed by atoms with Gasteiger partial charge in [-0.15, -0.1) is 0 Å². The Morgan fingerprint density at radius 2 is 1.62 bits per heavy atom. The van der Waals surface area contributed by atoms with Gasteiger partial charge in [0.1, 0.15) is 0 Å². The number of hydrogen-bond acceptors (Lipinski definition) is 3. The number of carbonyl (C=O) groups is 1. The number of nitrogens with one attached hydrogen (secondary N) is 1. The average molecular weight is 385 g/mol. The molecule has 3 rings (SSSR count). The van der Waals surface area contributed by atoms with Gasteiger partial charge in [-0.05, 0) is 59.9 Å². The smallest absolute Gasteiger partial charge is 0.162 e. The number of aromatic nitrogens is 1. The predicted octanol–water partition coefficient (Wildman–Crippen LogP) is 7.00. The molecule has 148 valence electrons. The summed E-state index contributed by atoms with van der Waals surface area (Å²) in [5.41, 5.74) is 4.95. The van der Waals surface area contributed by atoms with Crippen molar-refractivity contribution in [3.8, 4) is 0 Å². The molecule has 3 heteroatoms. The number of ketones is 1. The molecule has 0 aliphatic rings. The van der Waals surface area contributed by atoms with E-state index in [0.717, 1.165) is 40.9 Å². The summed E-state index contributed by atoms with van der Waals surface area (Å²) in [6, 6.07) is 19.9. The lowest BCUT2D eigenvalue weighted by Gasteiger charge is -2.09. The van der Waals surface area contributed by atoms with Gasteiger partial charge in [0.15, 0.2) is 5.78 Å². The maximum atomic E-state index is 12.4. The fraction of sp³-hybridized carbons (Fsp3) is 0.231. The molecule has 0 unspecified atom stereocenters. The highest BCUT2D eigenvalue weighted by atomic mass is 16.1. The number of Topliss-reactive ketones (excluding diaryl/α,β-unsaturated/α-hetero) is 1. The van der Waals surface area contributed by atoms with Crippen LogP contribution in [0.4, 0.5) is 11.4 Å². The lowest BCUT2D eigenvalue weighted by atomic mass is 10.0. The molecule has 0 radical (unpaired) electrons. The summed E-state index contributed by atoms with van der Waals surface area (Å²) in [4.78, 5) is 16.5. The highest BCUT2D eigenvalue weighted by Crippen LogP contribution is 2.20. The molecule has 3 aromatic rings. The van der Waals surface area contributed by atoms with Crippen molar-refractivity contribution in [3.05, 3.63) is 89.7 Å². The van der Waals surface area contributed by atoms with Crippen LogP contribution < -0.4 is 5.32 Å². The van der Waals surface area contributed by atoms with Crippen molar-refractivity contribution < 1.29 is 4.79 Å². The quantitative estimate of drug-likeness (QED) is 0.404. The van der Waals surface area contributed by atoms with Crippen molar-refractivity contribution in [2.45, 2.75) is 33.1 Å². The van der Waals surface area contributed by atoms with Crippen molar-refractivity contribution in [1.82, 2.24) is 4.98 Å². The van der Waals surface area contributed by atoms with Gasteiger partial charge in [-0.3, -0.25) is 9.78 Å². The normalized spacial score (nSPS) is 11.1. The van der Waals surface area contributed by atoms with E-state index >= 15 is 0 Å². The van der Waals surface area contributed by atoms with Gasteiger partial charge < -0.3 is 5.32 Å². The third kappa shape index (κ3) is 6.72. The van der Waals surface area contributed by atoms with Crippen molar-refractivity contribution in [2.24, 2.45) is 5.92 Å². The van der Waals surface area contributed by atoms with Crippen molar-refractivity contribution in [3.63, 3.8) is 0 Å². The van der Waals surface area contributed by atoms with Crippen LogP contribution in [0.25, 0.3) is 12.2 Å². The summed E-state index contributed by atoms with van der Waals surface area (Å²) in [7, 11) is 0. The second-order valence-electron chi connectivity index (χ2n) is 7.65. The second-order valence-corrected chi connectivity index (χ2v) is 7.65. The van der Waals surface area contributed by atoms with Crippen LogP contribution in [0, 0.1) is 5.92 Å². The number of anilines is 2. The molecule has 0 saturated carbocycles. The van der Waals surface area contributed by atoms with E-state index in [4.69, 9.17) is 0 Å². The number of pyridine rings is 1. The van der Waals surface area contributed by atoms with Gasteiger partial charge in [-0.25, -0.2) is 0 Å². The second kappa shape index (κ2) is 10.4. The van der Waals surface area contributed by atoms with Gasteiger partial charge >= 0.3 is 0 Å². The first kappa shape index (κ1) is 20.5. The van der Waals surface area contributed by atoms with Crippen LogP contribution in [-0.2, 0) is 0 Å². The molecule has 0 atom stereocenters. The van der Waals surface area contributed by atoms with Gasteiger partial charge in [0, 0.05) is 35.8 Å². The molecule has 0 spiro atoms. The molecule has 2 aromatic carbocycles. The van der Waals surface area contributed by atoms with E-state index in [-0.39, 0.29) is 5.78 Å². The number of benzene rings is 2. The molecule has 0 amide bonds. The van der Waals surface area contributed by atoms with E-state index in [1.54, 1.807) is 12.4 Å². The summed E-state index contributed by atoms with van der Waals surface area (Å²) in [6.45, 7) is 4.38. The predicted molar refractivity (Wildman–Crippen MR) is 122 cm³/mol. The van der Waals surface area contributed by atoms with Crippen LogP contribution in [0.3, 0.4) is 0 Å². The molecule has 0 bridgehead atoms. The number of hydrogen-bond donors (Lipinski definition) is 1. The summed E-state index contributed by atoms with van der Waals surface area (Å²) in [6.07, 6.45) is 10.4. The topological polar surface area (TPSA) is 42.0 Å². The Kier molecular flexibility index (Phi) is 7.34. The van der Waals surface area contributed by atoms with E-state index < -0.39 is 0 Å². The third-order valence-electron chi connectivity index (χ3n) is 4.74. The van der Waals surface area contributed by atoms with Crippen molar-refractivity contribution in [2.75, 3.05) is 5.32 Å². The summed E-state index contributed by atoms with van der Waals surface area (Å²) in [5, 5.41) is 3.39.